The lowest BCUT2D eigenvalue weighted by atomic mass is 10.1. The Balaban J connectivity index is 1.88. The van der Waals surface area contributed by atoms with Crippen LogP contribution in [0.4, 0.5) is 0 Å². The second-order valence-electron chi connectivity index (χ2n) is 5.46. The molecule has 0 spiro atoms. The van der Waals surface area contributed by atoms with Crippen molar-refractivity contribution in [3.8, 4) is 11.5 Å². The minimum atomic E-state index is -3.74. The van der Waals surface area contributed by atoms with Crippen LogP contribution in [0.25, 0.3) is 0 Å². The molecule has 5 heteroatoms. The third-order valence-electron chi connectivity index (χ3n) is 3.74. The number of phenolic OH excluding ortho intramolecular Hbond substituents is 2. The van der Waals surface area contributed by atoms with Crippen LogP contribution in [0.1, 0.15) is 11.1 Å². The van der Waals surface area contributed by atoms with E-state index >= 15 is 0 Å². The fraction of sp³-hybridized carbons (Fsp3) is 0.0526. The predicted octanol–water partition coefficient (Wildman–Crippen LogP) is 3.52. The van der Waals surface area contributed by atoms with Gasteiger partial charge in [0, 0.05) is 6.07 Å². The first-order valence-corrected chi connectivity index (χ1v) is 8.85. The van der Waals surface area contributed by atoms with E-state index in [1.54, 1.807) is 24.3 Å². The SMILES string of the molecule is O=S(=O)(c1ccc(Cc2ccccc2)cc1)c1ccc(O)c(O)c1. The summed E-state index contributed by atoms with van der Waals surface area (Å²) in [6.07, 6.45) is 0.723. The first kappa shape index (κ1) is 16.1. The Morgan fingerprint density at radius 1 is 0.667 bits per heavy atom. The second-order valence-corrected chi connectivity index (χ2v) is 7.41. The summed E-state index contributed by atoms with van der Waals surface area (Å²) in [6, 6.07) is 20.0. The monoisotopic (exact) mass is 340 g/mol. The molecule has 0 bridgehead atoms. The van der Waals surface area contributed by atoms with E-state index < -0.39 is 15.6 Å². The number of benzene rings is 3. The maximum atomic E-state index is 12.6. The van der Waals surface area contributed by atoms with Gasteiger partial charge in [0.2, 0.25) is 9.84 Å². The number of rotatable bonds is 4. The van der Waals surface area contributed by atoms with E-state index in [1.165, 1.54) is 6.07 Å². The van der Waals surface area contributed by atoms with Crippen molar-refractivity contribution < 1.29 is 18.6 Å². The fourth-order valence-corrected chi connectivity index (χ4v) is 3.71. The summed E-state index contributed by atoms with van der Waals surface area (Å²) in [5, 5.41) is 18.8. The number of hydrogen-bond acceptors (Lipinski definition) is 4. The Labute approximate surface area is 140 Å². The smallest absolute Gasteiger partial charge is 0.206 e. The molecule has 0 heterocycles. The zero-order valence-electron chi connectivity index (χ0n) is 12.8. The molecule has 0 amide bonds. The molecule has 0 aliphatic rings. The number of sulfone groups is 1. The lowest BCUT2D eigenvalue weighted by Crippen LogP contribution is -2.02. The molecule has 2 N–H and O–H groups in total. The molecule has 4 nitrogen and oxygen atoms in total. The Bertz CT molecular complexity index is 946. The Kier molecular flexibility index (Phi) is 4.27. The lowest BCUT2D eigenvalue weighted by molar-refractivity contribution is 0.402. The third kappa shape index (κ3) is 3.26. The molecule has 3 aromatic rings. The van der Waals surface area contributed by atoms with Crippen molar-refractivity contribution in [3.05, 3.63) is 83.9 Å². The molecule has 0 aromatic heterocycles. The summed E-state index contributed by atoms with van der Waals surface area (Å²) in [7, 11) is -3.74. The van der Waals surface area contributed by atoms with Gasteiger partial charge >= 0.3 is 0 Å². The predicted molar refractivity (Wildman–Crippen MR) is 90.9 cm³/mol. The van der Waals surface area contributed by atoms with E-state index in [9.17, 15) is 18.6 Å². The topological polar surface area (TPSA) is 74.6 Å². The fourth-order valence-electron chi connectivity index (χ4n) is 2.42. The van der Waals surface area contributed by atoms with Crippen LogP contribution >= 0.6 is 0 Å². The van der Waals surface area contributed by atoms with Gasteiger partial charge in [-0.2, -0.15) is 0 Å². The van der Waals surface area contributed by atoms with Crippen molar-refractivity contribution in [2.24, 2.45) is 0 Å². The average Bonchev–Trinajstić information content (AvgIpc) is 2.58. The highest BCUT2D eigenvalue weighted by molar-refractivity contribution is 7.91. The van der Waals surface area contributed by atoms with Gasteiger partial charge in [-0.05, 0) is 41.8 Å². The summed E-state index contributed by atoms with van der Waals surface area (Å²) in [4.78, 5) is 0.0815. The Morgan fingerprint density at radius 2 is 1.25 bits per heavy atom. The van der Waals surface area contributed by atoms with Gasteiger partial charge in [0.1, 0.15) is 0 Å². The molecule has 3 rings (SSSR count). The van der Waals surface area contributed by atoms with E-state index in [4.69, 9.17) is 0 Å². The average molecular weight is 340 g/mol. The van der Waals surface area contributed by atoms with Crippen molar-refractivity contribution in [1.82, 2.24) is 0 Å². The van der Waals surface area contributed by atoms with E-state index in [1.807, 2.05) is 30.3 Å². The minimum absolute atomic E-state index is 0.0615. The third-order valence-corrected chi connectivity index (χ3v) is 5.51. The summed E-state index contributed by atoms with van der Waals surface area (Å²) < 4.78 is 25.1. The first-order valence-electron chi connectivity index (χ1n) is 7.37. The highest BCUT2D eigenvalue weighted by Crippen LogP contribution is 2.30. The summed E-state index contributed by atoms with van der Waals surface area (Å²) in [6.45, 7) is 0. The molecule has 0 aliphatic carbocycles. The Hall–Kier alpha value is -2.79. The largest absolute Gasteiger partial charge is 0.504 e. The zero-order valence-corrected chi connectivity index (χ0v) is 13.6. The molecular weight excluding hydrogens is 324 g/mol. The van der Waals surface area contributed by atoms with Gasteiger partial charge < -0.3 is 10.2 Å². The van der Waals surface area contributed by atoms with E-state index in [0.717, 1.165) is 29.7 Å². The van der Waals surface area contributed by atoms with Crippen LogP contribution in [0.3, 0.4) is 0 Å². The molecule has 122 valence electrons. The van der Waals surface area contributed by atoms with Crippen molar-refractivity contribution >= 4 is 9.84 Å². The maximum Gasteiger partial charge on any atom is 0.206 e. The molecule has 0 unspecified atom stereocenters. The Morgan fingerprint density at radius 3 is 1.88 bits per heavy atom. The van der Waals surface area contributed by atoms with Gasteiger partial charge in [0.05, 0.1) is 9.79 Å². The quantitative estimate of drug-likeness (QED) is 0.713. The van der Waals surface area contributed by atoms with Gasteiger partial charge in [-0.15, -0.1) is 0 Å². The van der Waals surface area contributed by atoms with Crippen molar-refractivity contribution in [2.45, 2.75) is 16.2 Å². The molecule has 0 saturated carbocycles. The maximum absolute atomic E-state index is 12.6. The van der Waals surface area contributed by atoms with E-state index in [-0.39, 0.29) is 15.5 Å². The molecule has 0 atom stereocenters. The highest BCUT2D eigenvalue weighted by Gasteiger charge is 2.19. The summed E-state index contributed by atoms with van der Waals surface area (Å²) >= 11 is 0. The van der Waals surface area contributed by atoms with Crippen LogP contribution in [0, 0.1) is 0 Å². The second kappa shape index (κ2) is 6.37. The molecule has 0 saturated heterocycles. The normalized spacial score (nSPS) is 11.3. The number of phenols is 2. The van der Waals surface area contributed by atoms with E-state index in [2.05, 4.69) is 0 Å². The van der Waals surface area contributed by atoms with Crippen LogP contribution in [0.5, 0.6) is 11.5 Å². The van der Waals surface area contributed by atoms with Gasteiger partial charge in [-0.3, -0.25) is 0 Å². The molecular formula is C19H16O4S. The minimum Gasteiger partial charge on any atom is -0.504 e. The van der Waals surface area contributed by atoms with Crippen LogP contribution in [-0.2, 0) is 16.3 Å². The molecule has 0 fully saturated rings. The van der Waals surface area contributed by atoms with Crippen LogP contribution < -0.4 is 0 Å². The van der Waals surface area contributed by atoms with Gasteiger partial charge in [0.15, 0.2) is 11.5 Å². The lowest BCUT2D eigenvalue weighted by Gasteiger charge is -2.07. The first-order chi connectivity index (χ1) is 11.5. The van der Waals surface area contributed by atoms with Crippen molar-refractivity contribution in [1.29, 1.82) is 0 Å². The van der Waals surface area contributed by atoms with Crippen molar-refractivity contribution in [2.75, 3.05) is 0 Å². The van der Waals surface area contributed by atoms with Crippen LogP contribution in [0.2, 0.25) is 0 Å². The standard InChI is InChI=1S/C19H16O4S/c20-18-11-10-17(13-19(18)21)24(22,23)16-8-6-15(7-9-16)12-14-4-2-1-3-5-14/h1-11,13,20-21H,12H2. The molecule has 3 aromatic carbocycles. The van der Waals surface area contributed by atoms with Gasteiger partial charge in [-0.25, -0.2) is 8.42 Å². The molecule has 24 heavy (non-hydrogen) atoms. The van der Waals surface area contributed by atoms with Crippen molar-refractivity contribution in [3.63, 3.8) is 0 Å². The van der Waals surface area contributed by atoms with Gasteiger partial charge in [0.25, 0.3) is 0 Å². The van der Waals surface area contributed by atoms with Crippen LogP contribution in [0.15, 0.2) is 82.6 Å². The zero-order chi connectivity index (χ0) is 17.2. The summed E-state index contributed by atoms with van der Waals surface area (Å²) in [5.74, 6) is -0.816. The summed E-state index contributed by atoms with van der Waals surface area (Å²) in [5.41, 5.74) is 2.16. The van der Waals surface area contributed by atoms with Gasteiger partial charge in [-0.1, -0.05) is 42.5 Å². The number of hydrogen-bond donors (Lipinski definition) is 2. The van der Waals surface area contributed by atoms with E-state index in [0.29, 0.717) is 0 Å². The molecule has 0 aliphatic heterocycles. The van der Waals surface area contributed by atoms with Crippen LogP contribution in [-0.4, -0.2) is 18.6 Å². The number of aromatic hydroxyl groups is 2. The highest BCUT2D eigenvalue weighted by atomic mass is 32.2. The molecule has 0 radical (unpaired) electrons.